The van der Waals surface area contributed by atoms with Gasteiger partial charge in [-0.1, -0.05) is 0 Å². The molecule has 5 heteroatoms. The fraction of sp³-hybridized carbons (Fsp3) is 0. The second kappa shape index (κ2) is 2.18. The lowest BCUT2D eigenvalue weighted by molar-refractivity contribution is 1.27. The van der Waals surface area contributed by atoms with Gasteiger partial charge in [0.2, 0.25) is 0 Å². The molecule has 0 saturated heterocycles. The van der Waals surface area contributed by atoms with Gasteiger partial charge < -0.3 is 4.98 Å². The summed E-state index contributed by atoms with van der Waals surface area (Å²) in [7, 11) is 0. The second-order valence-electron chi connectivity index (χ2n) is 1.66. The number of aromatic amines is 1. The van der Waals surface area contributed by atoms with Crippen LogP contribution in [-0.2, 0) is 0 Å². The first-order valence-corrected chi connectivity index (χ1v) is 3.40. The quantitative estimate of drug-likeness (QED) is 0.653. The summed E-state index contributed by atoms with van der Waals surface area (Å²) in [6, 6.07) is 0. The predicted molar refractivity (Wildman–Crippen MR) is 36.3 cm³/mol. The summed E-state index contributed by atoms with van der Waals surface area (Å²) in [6.07, 6.45) is 6.11. The Morgan fingerprint density at radius 2 is 2.60 bits per heavy atom. The van der Waals surface area contributed by atoms with Gasteiger partial charge in [0.25, 0.3) is 0 Å². The average Bonchev–Trinajstić information content (AvgIpc) is 2.59. The molecule has 1 radical (unpaired) electrons. The molecule has 0 saturated carbocycles. The maximum Gasteiger partial charge on any atom is 0.159 e. The Labute approximate surface area is 61.3 Å². The van der Waals surface area contributed by atoms with Crippen molar-refractivity contribution in [2.75, 3.05) is 0 Å². The zero-order valence-electron chi connectivity index (χ0n) is 4.90. The highest BCUT2D eigenvalue weighted by Gasteiger charge is 2.01. The maximum absolute atomic E-state index is 3.98. The Bertz CT molecular complexity index is 253. The number of imidazole rings is 1. The molecule has 0 atom stereocenters. The van der Waals surface area contributed by atoms with Crippen molar-refractivity contribution in [3.63, 3.8) is 0 Å². The fourth-order valence-corrected chi connectivity index (χ4v) is 1.01. The van der Waals surface area contributed by atoms with Crippen LogP contribution in [0.4, 0.5) is 0 Å². The van der Waals surface area contributed by atoms with Gasteiger partial charge >= 0.3 is 0 Å². The van der Waals surface area contributed by atoms with E-state index in [4.69, 9.17) is 0 Å². The van der Waals surface area contributed by atoms with Crippen LogP contribution in [0.2, 0.25) is 0 Å². The van der Waals surface area contributed by atoms with E-state index in [-0.39, 0.29) is 0 Å². The van der Waals surface area contributed by atoms with E-state index in [0.717, 1.165) is 11.7 Å². The van der Waals surface area contributed by atoms with Crippen LogP contribution in [0.15, 0.2) is 12.4 Å². The van der Waals surface area contributed by atoms with Crippen molar-refractivity contribution < 1.29 is 0 Å². The third-order valence-corrected chi connectivity index (χ3v) is 1.48. The van der Waals surface area contributed by atoms with Crippen LogP contribution < -0.4 is 0 Å². The molecule has 2 aromatic rings. The van der Waals surface area contributed by atoms with Crippen LogP contribution >= 0.6 is 11.7 Å². The number of hydrogen-bond donors (Lipinski definition) is 1. The Morgan fingerprint density at radius 3 is 3.20 bits per heavy atom. The van der Waals surface area contributed by atoms with Crippen LogP contribution in [0.3, 0.4) is 0 Å². The highest BCUT2D eigenvalue weighted by atomic mass is 32.1. The van der Waals surface area contributed by atoms with Crippen LogP contribution in [-0.4, -0.2) is 18.7 Å². The molecule has 2 rings (SSSR count). The van der Waals surface area contributed by atoms with Crippen molar-refractivity contribution in [2.24, 2.45) is 0 Å². The van der Waals surface area contributed by atoms with Crippen LogP contribution in [0.1, 0.15) is 0 Å². The van der Waals surface area contributed by atoms with Gasteiger partial charge in [-0.05, 0) is 0 Å². The minimum atomic E-state index is 0.676. The van der Waals surface area contributed by atoms with Crippen molar-refractivity contribution in [1.82, 2.24) is 18.7 Å². The van der Waals surface area contributed by atoms with Crippen LogP contribution in [0.5, 0.6) is 0 Å². The molecule has 0 aliphatic rings. The minimum absolute atomic E-state index is 0.676. The number of rotatable bonds is 1. The Hall–Kier alpha value is -1.23. The molecule has 0 spiro atoms. The fourth-order valence-electron chi connectivity index (χ4n) is 0.636. The van der Waals surface area contributed by atoms with Crippen molar-refractivity contribution in [3.05, 3.63) is 18.6 Å². The molecule has 2 heterocycles. The summed E-state index contributed by atoms with van der Waals surface area (Å²) >= 11 is 1.12. The minimum Gasteiger partial charge on any atom is -0.343 e. The van der Waals surface area contributed by atoms with E-state index in [1.807, 2.05) is 0 Å². The standard InChI is InChI=1S/C5H3N4S/c1-2-7-5(6-1)4-3-8-10-9-4/h1-2H,(H,6,7). The Kier molecular flexibility index (Phi) is 1.21. The second-order valence-corrected chi connectivity index (χ2v) is 2.19. The summed E-state index contributed by atoms with van der Waals surface area (Å²) < 4.78 is 7.66. The molecule has 0 amide bonds. The van der Waals surface area contributed by atoms with E-state index in [9.17, 15) is 0 Å². The lowest BCUT2D eigenvalue weighted by atomic mass is 10.5. The van der Waals surface area contributed by atoms with Gasteiger partial charge in [-0.25, -0.2) is 4.98 Å². The van der Waals surface area contributed by atoms with Gasteiger partial charge in [0, 0.05) is 12.4 Å². The molecule has 0 fully saturated rings. The van der Waals surface area contributed by atoms with Crippen molar-refractivity contribution in [1.29, 1.82) is 0 Å². The summed E-state index contributed by atoms with van der Waals surface area (Å²) in [4.78, 5) is 6.88. The first-order chi connectivity index (χ1) is 4.97. The highest BCUT2D eigenvalue weighted by Crippen LogP contribution is 2.08. The van der Waals surface area contributed by atoms with E-state index in [0.29, 0.717) is 11.5 Å². The van der Waals surface area contributed by atoms with E-state index in [1.165, 1.54) is 0 Å². The molecule has 0 bridgehead atoms. The van der Waals surface area contributed by atoms with Gasteiger partial charge in [-0.3, -0.25) is 0 Å². The molecule has 0 unspecified atom stereocenters. The first-order valence-electron chi connectivity index (χ1n) is 2.67. The monoisotopic (exact) mass is 151 g/mol. The molecular weight excluding hydrogens is 148 g/mol. The molecule has 4 nitrogen and oxygen atoms in total. The molecule has 49 valence electrons. The topological polar surface area (TPSA) is 54.5 Å². The molecule has 1 N–H and O–H groups in total. The third-order valence-electron chi connectivity index (χ3n) is 1.05. The van der Waals surface area contributed by atoms with E-state index >= 15 is 0 Å². The van der Waals surface area contributed by atoms with Gasteiger partial charge in [0.05, 0.1) is 11.7 Å². The van der Waals surface area contributed by atoms with Crippen molar-refractivity contribution in [2.45, 2.75) is 0 Å². The first kappa shape index (κ1) is 5.55. The zero-order valence-corrected chi connectivity index (χ0v) is 5.72. The molecule has 2 aromatic heterocycles. The summed E-state index contributed by atoms with van der Waals surface area (Å²) in [5.41, 5.74) is 0.676. The summed E-state index contributed by atoms with van der Waals surface area (Å²) in [5, 5.41) is 0. The third kappa shape index (κ3) is 0.801. The van der Waals surface area contributed by atoms with Crippen molar-refractivity contribution >= 4 is 11.7 Å². The summed E-state index contributed by atoms with van der Waals surface area (Å²) in [6.45, 7) is 0. The lowest BCUT2D eigenvalue weighted by Crippen LogP contribution is -1.77. The molecule has 0 aliphatic heterocycles. The molecule has 0 aliphatic carbocycles. The maximum atomic E-state index is 3.98. The zero-order chi connectivity index (χ0) is 6.81. The number of hydrogen-bond acceptors (Lipinski definition) is 4. The normalized spacial score (nSPS) is 10.0. The lowest BCUT2D eigenvalue weighted by Gasteiger charge is -1.81. The predicted octanol–water partition coefficient (Wildman–Crippen LogP) is 0.728. The largest absolute Gasteiger partial charge is 0.343 e. The Morgan fingerprint density at radius 1 is 1.60 bits per heavy atom. The van der Waals surface area contributed by atoms with E-state index in [1.54, 1.807) is 12.4 Å². The number of nitrogens with one attached hydrogen (secondary N) is 1. The summed E-state index contributed by atoms with van der Waals surface area (Å²) in [5.74, 6) is 0.716. The SMILES string of the molecule is [c]1nsnc1-c1ncc[nH]1. The number of aromatic nitrogens is 4. The number of H-pyrrole nitrogens is 1. The van der Waals surface area contributed by atoms with Gasteiger partial charge in [-0.2, -0.15) is 8.75 Å². The van der Waals surface area contributed by atoms with Crippen LogP contribution in [0.25, 0.3) is 11.5 Å². The smallest absolute Gasteiger partial charge is 0.159 e. The van der Waals surface area contributed by atoms with E-state index < -0.39 is 0 Å². The van der Waals surface area contributed by atoms with Gasteiger partial charge in [-0.15, -0.1) is 0 Å². The number of nitrogens with zero attached hydrogens (tertiary/aromatic N) is 3. The Balaban J connectivity index is 2.48. The van der Waals surface area contributed by atoms with Gasteiger partial charge in [0.15, 0.2) is 5.82 Å². The average molecular weight is 151 g/mol. The molecular formula is C5H3N4S. The molecule has 0 aromatic carbocycles. The van der Waals surface area contributed by atoms with Crippen LogP contribution in [0, 0.1) is 6.20 Å². The highest BCUT2D eigenvalue weighted by molar-refractivity contribution is 6.99. The van der Waals surface area contributed by atoms with E-state index in [2.05, 4.69) is 24.9 Å². The van der Waals surface area contributed by atoms with Gasteiger partial charge in [0.1, 0.15) is 11.9 Å². The van der Waals surface area contributed by atoms with Crippen molar-refractivity contribution in [3.8, 4) is 11.5 Å². The molecule has 10 heavy (non-hydrogen) atoms.